The van der Waals surface area contributed by atoms with E-state index in [9.17, 15) is 18.0 Å². The van der Waals surface area contributed by atoms with Gasteiger partial charge in [-0.2, -0.15) is 18.3 Å². The van der Waals surface area contributed by atoms with Crippen molar-refractivity contribution in [1.82, 2.24) is 24.6 Å². The van der Waals surface area contributed by atoms with E-state index in [2.05, 4.69) is 15.1 Å². The fraction of sp³-hybridized carbons (Fsp3) is 0.333. The number of benzene rings is 1. The van der Waals surface area contributed by atoms with Crippen LogP contribution in [0.3, 0.4) is 0 Å². The number of aryl methyl sites for hydroxylation is 2. The molecular weight excluding hydrogens is 409 g/mol. The standard InChI is InChI=1S/C21H21F3N6O/c1-14-25-18(21(22,23)24)13-19(26-14)29-8-10-30(11-9-29)20(31)17-12-16(27-28(17)2)15-6-4-3-5-7-15/h3-7,12-13H,8-11H2,1-2H3. The van der Waals surface area contributed by atoms with Crippen LogP contribution < -0.4 is 4.90 Å². The molecule has 1 aliphatic rings. The number of rotatable bonds is 3. The topological polar surface area (TPSA) is 67.2 Å². The Hall–Kier alpha value is -3.43. The van der Waals surface area contributed by atoms with Gasteiger partial charge in [-0.1, -0.05) is 30.3 Å². The first-order valence-electron chi connectivity index (χ1n) is 9.79. The number of piperazine rings is 1. The van der Waals surface area contributed by atoms with Gasteiger partial charge in [-0.3, -0.25) is 9.48 Å². The second-order valence-electron chi connectivity index (χ2n) is 7.34. The molecule has 3 heterocycles. The molecule has 31 heavy (non-hydrogen) atoms. The number of halogens is 3. The molecule has 0 saturated carbocycles. The molecule has 162 valence electrons. The Morgan fingerprint density at radius 1 is 1.00 bits per heavy atom. The number of hydrogen-bond donors (Lipinski definition) is 0. The van der Waals surface area contributed by atoms with Gasteiger partial charge >= 0.3 is 6.18 Å². The lowest BCUT2D eigenvalue weighted by molar-refractivity contribution is -0.141. The van der Waals surface area contributed by atoms with Gasteiger partial charge in [0, 0.05) is 44.9 Å². The van der Waals surface area contributed by atoms with Crippen LogP contribution in [0.5, 0.6) is 0 Å². The molecule has 2 aromatic heterocycles. The van der Waals surface area contributed by atoms with Crippen molar-refractivity contribution in [2.75, 3.05) is 31.1 Å². The zero-order valence-electron chi connectivity index (χ0n) is 17.1. The normalized spacial score (nSPS) is 14.7. The highest BCUT2D eigenvalue weighted by atomic mass is 19.4. The molecule has 1 fully saturated rings. The summed E-state index contributed by atoms with van der Waals surface area (Å²) in [4.78, 5) is 24.1. The van der Waals surface area contributed by atoms with Crippen LogP contribution in [0.4, 0.5) is 19.0 Å². The molecule has 0 bridgehead atoms. The Labute approximate surface area is 177 Å². The largest absolute Gasteiger partial charge is 0.433 e. The number of amides is 1. The van der Waals surface area contributed by atoms with Gasteiger partial charge in [0.1, 0.15) is 23.0 Å². The van der Waals surface area contributed by atoms with Crippen LogP contribution in [0.25, 0.3) is 11.3 Å². The molecule has 0 spiro atoms. The van der Waals surface area contributed by atoms with Crippen LogP contribution in [-0.4, -0.2) is 56.7 Å². The molecule has 0 radical (unpaired) electrons. The molecule has 7 nitrogen and oxygen atoms in total. The smallest absolute Gasteiger partial charge is 0.353 e. The summed E-state index contributed by atoms with van der Waals surface area (Å²) in [6, 6.07) is 12.3. The van der Waals surface area contributed by atoms with Gasteiger partial charge in [0.05, 0.1) is 5.69 Å². The quantitative estimate of drug-likeness (QED) is 0.639. The summed E-state index contributed by atoms with van der Waals surface area (Å²) >= 11 is 0. The van der Waals surface area contributed by atoms with Crippen LogP contribution in [0.15, 0.2) is 42.5 Å². The van der Waals surface area contributed by atoms with Gasteiger partial charge < -0.3 is 9.80 Å². The molecular formula is C21H21F3N6O. The van der Waals surface area contributed by atoms with Gasteiger partial charge in [-0.15, -0.1) is 0 Å². The Morgan fingerprint density at radius 2 is 1.68 bits per heavy atom. The molecule has 10 heteroatoms. The maximum absolute atomic E-state index is 13.1. The second-order valence-corrected chi connectivity index (χ2v) is 7.34. The average molecular weight is 430 g/mol. The van der Waals surface area contributed by atoms with Crippen molar-refractivity contribution >= 4 is 11.7 Å². The van der Waals surface area contributed by atoms with E-state index >= 15 is 0 Å². The highest BCUT2D eigenvalue weighted by Crippen LogP contribution is 2.30. The molecule has 1 aromatic carbocycles. The van der Waals surface area contributed by atoms with E-state index in [1.165, 1.54) is 6.92 Å². The van der Waals surface area contributed by atoms with Crippen molar-refractivity contribution in [3.63, 3.8) is 0 Å². The number of alkyl halides is 3. The van der Waals surface area contributed by atoms with Crippen molar-refractivity contribution in [3.8, 4) is 11.3 Å². The summed E-state index contributed by atoms with van der Waals surface area (Å²) in [6.07, 6.45) is -4.53. The number of anilines is 1. The average Bonchev–Trinajstić information content (AvgIpc) is 3.14. The number of hydrogen-bond acceptors (Lipinski definition) is 5. The number of carbonyl (C=O) groups is 1. The van der Waals surface area contributed by atoms with E-state index in [-0.39, 0.29) is 17.5 Å². The van der Waals surface area contributed by atoms with Gasteiger partial charge in [0.2, 0.25) is 0 Å². The van der Waals surface area contributed by atoms with E-state index in [0.717, 1.165) is 11.6 Å². The minimum atomic E-state index is -4.53. The summed E-state index contributed by atoms with van der Waals surface area (Å²) in [5.41, 5.74) is 1.13. The van der Waals surface area contributed by atoms with E-state index in [4.69, 9.17) is 0 Å². The number of carbonyl (C=O) groups excluding carboxylic acids is 1. The lowest BCUT2D eigenvalue weighted by Gasteiger charge is -2.35. The molecule has 0 N–H and O–H groups in total. The van der Waals surface area contributed by atoms with Crippen molar-refractivity contribution < 1.29 is 18.0 Å². The summed E-state index contributed by atoms with van der Waals surface area (Å²) in [5, 5.41) is 4.44. The Morgan fingerprint density at radius 3 is 2.32 bits per heavy atom. The van der Waals surface area contributed by atoms with Crippen molar-refractivity contribution in [2.45, 2.75) is 13.1 Å². The van der Waals surface area contributed by atoms with Crippen molar-refractivity contribution in [2.24, 2.45) is 7.05 Å². The third kappa shape index (κ3) is 4.37. The van der Waals surface area contributed by atoms with Crippen molar-refractivity contribution in [3.05, 3.63) is 59.7 Å². The molecule has 1 aliphatic heterocycles. The van der Waals surface area contributed by atoms with Gasteiger partial charge in [0.15, 0.2) is 0 Å². The summed E-state index contributed by atoms with van der Waals surface area (Å²) < 4.78 is 40.7. The first-order chi connectivity index (χ1) is 14.7. The summed E-state index contributed by atoms with van der Waals surface area (Å²) in [5.74, 6) is 0.122. The van der Waals surface area contributed by atoms with E-state index in [1.54, 1.807) is 27.6 Å². The third-order valence-electron chi connectivity index (χ3n) is 5.17. The maximum atomic E-state index is 13.1. The molecule has 4 rings (SSSR count). The van der Waals surface area contributed by atoms with Gasteiger partial charge in [-0.25, -0.2) is 9.97 Å². The van der Waals surface area contributed by atoms with Crippen LogP contribution in [0.1, 0.15) is 22.0 Å². The Bertz CT molecular complexity index is 1090. The van der Waals surface area contributed by atoms with Gasteiger partial charge in [-0.05, 0) is 13.0 Å². The lowest BCUT2D eigenvalue weighted by Crippen LogP contribution is -2.49. The van der Waals surface area contributed by atoms with Crippen LogP contribution in [-0.2, 0) is 13.2 Å². The van der Waals surface area contributed by atoms with E-state index in [1.807, 2.05) is 30.3 Å². The Kier molecular flexibility index (Phi) is 5.38. The van der Waals surface area contributed by atoms with E-state index in [0.29, 0.717) is 37.6 Å². The zero-order chi connectivity index (χ0) is 22.2. The first kappa shape index (κ1) is 20.8. The lowest BCUT2D eigenvalue weighted by atomic mass is 10.1. The third-order valence-corrected chi connectivity index (χ3v) is 5.17. The van der Waals surface area contributed by atoms with Crippen LogP contribution >= 0.6 is 0 Å². The minimum absolute atomic E-state index is 0.0617. The molecule has 1 amide bonds. The number of nitrogens with zero attached hydrogens (tertiary/aromatic N) is 6. The number of aromatic nitrogens is 4. The summed E-state index contributed by atoms with van der Waals surface area (Å²) in [6.45, 7) is 2.93. The summed E-state index contributed by atoms with van der Waals surface area (Å²) in [7, 11) is 1.72. The van der Waals surface area contributed by atoms with E-state index < -0.39 is 11.9 Å². The van der Waals surface area contributed by atoms with Gasteiger partial charge in [0.25, 0.3) is 5.91 Å². The fourth-order valence-electron chi connectivity index (χ4n) is 3.58. The van der Waals surface area contributed by atoms with Crippen LogP contribution in [0.2, 0.25) is 0 Å². The van der Waals surface area contributed by atoms with Crippen molar-refractivity contribution in [1.29, 1.82) is 0 Å². The highest BCUT2D eigenvalue weighted by molar-refractivity contribution is 5.94. The second kappa shape index (κ2) is 8.01. The molecule has 0 unspecified atom stereocenters. The highest BCUT2D eigenvalue weighted by Gasteiger charge is 2.34. The predicted molar refractivity (Wildman–Crippen MR) is 109 cm³/mol. The molecule has 3 aromatic rings. The molecule has 1 saturated heterocycles. The molecule has 0 aliphatic carbocycles. The Balaban J connectivity index is 1.47. The monoisotopic (exact) mass is 430 g/mol. The SMILES string of the molecule is Cc1nc(N2CCN(C(=O)c3cc(-c4ccccc4)nn3C)CC2)cc(C(F)(F)F)n1. The van der Waals surface area contributed by atoms with Crippen LogP contribution in [0, 0.1) is 6.92 Å². The predicted octanol–water partition coefficient (Wildman–Crippen LogP) is 3.17. The first-order valence-corrected chi connectivity index (χ1v) is 9.79. The zero-order valence-corrected chi connectivity index (χ0v) is 17.1. The minimum Gasteiger partial charge on any atom is -0.353 e. The molecule has 0 atom stereocenters. The maximum Gasteiger partial charge on any atom is 0.433 e. The fourth-order valence-corrected chi connectivity index (χ4v) is 3.58.